The third-order valence-corrected chi connectivity index (χ3v) is 7.57. The van der Waals surface area contributed by atoms with Crippen LogP contribution in [-0.2, 0) is 27.7 Å². The lowest BCUT2D eigenvalue weighted by atomic mass is 9.90. The zero-order chi connectivity index (χ0) is 22.6. The summed E-state index contributed by atoms with van der Waals surface area (Å²) in [6.45, 7) is 5.95. The minimum atomic E-state index is -3.20. The van der Waals surface area contributed by atoms with Crippen molar-refractivity contribution in [2.24, 2.45) is 5.92 Å². The summed E-state index contributed by atoms with van der Waals surface area (Å²) in [6.07, 6.45) is 4.69. The monoisotopic (exact) mass is 454 g/mol. The maximum Gasteiger partial charge on any atom is 0.410 e. The van der Waals surface area contributed by atoms with Crippen LogP contribution in [-0.4, -0.2) is 55.7 Å². The van der Waals surface area contributed by atoms with E-state index >= 15 is 0 Å². The first-order chi connectivity index (χ1) is 14.6. The van der Waals surface area contributed by atoms with E-state index in [1.807, 2.05) is 26.0 Å². The number of fused-ring (bicyclic) bond motifs is 1. The Balaban J connectivity index is 1.43. The van der Waals surface area contributed by atoms with Crippen molar-refractivity contribution in [3.05, 3.63) is 34.9 Å². The Morgan fingerprint density at radius 2 is 1.90 bits per heavy atom. The molecule has 1 saturated heterocycles. The third kappa shape index (κ3) is 6.65. The number of hydrogen-bond donors (Lipinski definition) is 0. The molecule has 6 nitrogen and oxygen atoms in total. The summed E-state index contributed by atoms with van der Waals surface area (Å²) in [5.41, 5.74) is 2.72. The second-order valence-electron chi connectivity index (χ2n) is 9.14. The van der Waals surface area contributed by atoms with Crippen molar-refractivity contribution in [1.29, 1.82) is 0 Å². The summed E-state index contributed by atoms with van der Waals surface area (Å²) in [4.78, 5) is 13.7. The largest absolute Gasteiger partial charge is 0.447 e. The normalized spacial score (nSPS) is 19.3. The Morgan fingerprint density at radius 3 is 2.55 bits per heavy atom. The number of nitrogens with zero attached hydrogens (tertiary/aromatic N) is 2. The standard InChI is InChI=1S/C23H35FN2O4S/c1-17(2)30-23(27)25-12-9-18(10-13-25)5-4-6-22(24)20-7-8-21-16-26(31(3,28)29)14-11-19(21)15-20/h7-8,15,17-18,22H,4-6,9-14,16H2,1-3H3. The zero-order valence-electron chi connectivity index (χ0n) is 18.8. The van der Waals surface area contributed by atoms with Crippen LogP contribution in [0.5, 0.6) is 0 Å². The van der Waals surface area contributed by atoms with Gasteiger partial charge in [0, 0.05) is 26.2 Å². The number of carbonyl (C=O) groups is 1. The molecule has 2 aliphatic heterocycles. The van der Waals surface area contributed by atoms with E-state index in [-0.39, 0.29) is 12.2 Å². The first-order valence-corrected chi connectivity index (χ1v) is 13.1. The first-order valence-electron chi connectivity index (χ1n) is 11.3. The average Bonchev–Trinajstić information content (AvgIpc) is 2.72. The van der Waals surface area contributed by atoms with Gasteiger partial charge < -0.3 is 9.64 Å². The predicted octanol–water partition coefficient (Wildman–Crippen LogP) is 4.44. The van der Waals surface area contributed by atoms with Crippen LogP contribution in [0.1, 0.15) is 68.8 Å². The molecule has 0 saturated carbocycles. The molecule has 2 heterocycles. The lowest BCUT2D eigenvalue weighted by molar-refractivity contribution is 0.0645. The lowest BCUT2D eigenvalue weighted by Gasteiger charge is -2.32. The Morgan fingerprint density at radius 1 is 1.19 bits per heavy atom. The van der Waals surface area contributed by atoms with Crippen molar-refractivity contribution in [1.82, 2.24) is 9.21 Å². The van der Waals surface area contributed by atoms with Crippen LogP contribution in [0, 0.1) is 5.92 Å². The molecule has 1 fully saturated rings. The van der Waals surface area contributed by atoms with Gasteiger partial charge in [0.05, 0.1) is 12.4 Å². The van der Waals surface area contributed by atoms with Crippen molar-refractivity contribution in [2.45, 2.75) is 71.2 Å². The van der Waals surface area contributed by atoms with Crippen molar-refractivity contribution < 1.29 is 22.3 Å². The fourth-order valence-electron chi connectivity index (χ4n) is 4.46. The summed E-state index contributed by atoms with van der Waals surface area (Å²) in [5.74, 6) is 0.529. The molecule has 8 heteroatoms. The highest BCUT2D eigenvalue weighted by Crippen LogP contribution is 2.30. The Kier molecular flexibility index (Phi) is 7.97. The fourth-order valence-corrected chi connectivity index (χ4v) is 5.25. The maximum atomic E-state index is 14.8. The van der Waals surface area contributed by atoms with Gasteiger partial charge in [-0.05, 0) is 68.6 Å². The van der Waals surface area contributed by atoms with Gasteiger partial charge in [-0.1, -0.05) is 24.6 Å². The minimum absolute atomic E-state index is 0.103. The van der Waals surface area contributed by atoms with Gasteiger partial charge in [-0.3, -0.25) is 0 Å². The van der Waals surface area contributed by atoms with Crippen molar-refractivity contribution in [3.8, 4) is 0 Å². The highest BCUT2D eigenvalue weighted by atomic mass is 32.2. The van der Waals surface area contributed by atoms with Crippen LogP contribution in [0.4, 0.5) is 9.18 Å². The molecule has 3 rings (SSSR count). The minimum Gasteiger partial charge on any atom is -0.447 e. The Hall–Kier alpha value is -1.67. The number of likely N-dealkylation sites (tertiary alicyclic amines) is 1. The molecule has 2 aliphatic rings. The molecule has 0 N–H and O–H groups in total. The average molecular weight is 455 g/mol. The van der Waals surface area contributed by atoms with Crippen LogP contribution in [0.2, 0.25) is 0 Å². The van der Waals surface area contributed by atoms with E-state index in [1.165, 1.54) is 10.6 Å². The molecule has 1 atom stereocenters. The van der Waals surface area contributed by atoms with E-state index in [9.17, 15) is 17.6 Å². The highest BCUT2D eigenvalue weighted by molar-refractivity contribution is 7.88. The van der Waals surface area contributed by atoms with Crippen LogP contribution >= 0.6 is 0 Å². The van der Waals surface area contributed by atoms with Crippen LogP contribution < -0.4 is 0 Å². The molecule has 0 aromatic heterocycles. The summed E-state index contributed by atoms with van der Waals surface area (Å²) in [5, 5.41) is 0. The van der Waals surface area contributed by atoms with Gasteiger partial charge in [-0.15, -0.1) is 0 Å². The predicted molar refractivity (Wildman–Crippen MR) is 119 cm³/mol. The molecule has 0 radical (unpaired) electrons. The van der Waals surface area contributed by atoms with Gasteiger partial charge in [0.1, 0.15) is 6.17 Å². The molecule has 0 spiro atoms. The van der Waals surface area contributed by atoms with Gasteiger partial charge in [-0.2, -0.15) is 4.31 Å². The van der Waals surface area contributed by atoms with E-state index < -0.39 is 16.2 Å². The van der Waals surface area contributed by atoms with E-state index in [1.54, 1.807) is 11.0 Å². The third-order valence-electron chi connectivity index (χ3n) is 6.32. The van der Waals surface area contributed by atoms with Gasteiger partial charge in [0.15, 0.2) is 0 Å². The van der Waals surface area contributed by atoms with Crippen LogP contribution in [0.3, 0.4) is 0 Å². The molecular weight excluding hydrogens is 419 g/mol. The first kappa shape index (κ1) is 24.0. The Bertz CT molecular complexity index is 866. The Labute approximate surface area is 185 Å². The number of hydrogen-bond acceptors (Lipinski definition) is 4. The number of ether oxygens (including phenoxy) is 1. The number of amides is 1. The molecule has 0 bridgehead atoms. The summed E-state index contributed by atoms with van der Waals surface area (Å²) < 4.78 is 45.1. The molecule has 0 aliphatic carbocycles. The number of rotatable bonds is 7. The second kappa shape index (κ2) is 10.3. The number of alkyl halides is 1. The van der Waals surface area contributed by atoms with Gasteiger partial charge in [0.25, 0.3) is 0 Å². The number of carbonyl (C=O) groups excluding carboxylic acids is 1. The van der Waals surface area contributed by atoms with E-state index in [4.69, 9.17) is 4.74 Å². The topological polar surface area (TPSA) is 66.9 Å². The number of benzene rings is 1. The fraction of sp³-hybridized carbons (Fsp3) is 0.696. The maximum absolute atomic E-state index is 14.8. The molecule has 1 aromatic rings. The summed E-state index contributed by atoms with van der Waals surface area (Å²) in [6, 6.07) is 5.59. The van der Waals surface area contributed by atoms with Gasteiger partial charge in [0.2, 0.25) is 10.0 Å². The molecule has 1 aromatic carbocycles. The SMILES string of the molecule is CC(C)OC(=O)N1CCC(CCCC(F)c2ccc3c(c2)CCN(S(C)(=O)=O)C3)CC1. The van der Waals surface area contributed by atoms with E-state index in [2.05, 4.69) is 0 Å². The molecular formula is C23H35FN2O4S. The number of sulfonamides is 1. The quantitative estimate of drug-likeness (QED) is 0.611. The summed E-state index contributed by atoms with van der Waals surface area (Å²) in [7, 11) is -3.20. The van der Waals surface area contributed by atoms with Crippen molar-refractivity contribution in [3.63, 3.8) is 0 Å². The highest BCUT2D eigenvalue weighted by Gasteiger charge is 2.26. The van der Waals surface area contributed by atoms with Gasteiger partial charge in [-0.25, -0.2) is 17.6 Å². The second-order valence-corrected chi connectivity index (χ2v) is 11.1. The smallest absolute Gasteiger partial charge is 0.410 e. The lowest BCUT2D eigenvalue weighted by Crippen LogP contribution is -2.39. The van der Waals surface area contributed by atoms with Crippen molar-refractivity contribution in [2.75, 3.05) is 25.9 Å². The molecule has 31 heavy (non-hydrogen) atoms. The van der Waals surface area contributed by atoms with E-state index in [0.29, 0.717) is 50.5 Å². The van der Waals surface area contributed by atoms with E-state index in [0.717, 1.165) is 36.8 Å². The van der Waals surface area contributed by atoms with Crippen LogP contribution in [0.15, 0.2) is 18.2 Å². The van der Waals surface area contributed by atoms with Crippen molar-refractivity contribution >= 4 is 16.1 Å². The number of halogens is 1. The molecule has 1 amide bonds. The zero-order valence-corrected chi connectivity index (χ0v) is 19.7. The summed E-state index contributed by atoms with van der Waals surface area (Å²) >= 11 is 0. The molecule has 1 unspecified atom stereocenters. The molecule has 174 valence electrons. The number of piperidine rings is 1. The van der Waals surface area contributed by atoms with Gasteiger partial charge >= 0.3 is 6.09 Å². The van der Waals surface area contributed by atoms with Crippen LogP contribution in [0.25, 0.3) is 0 Å².